The van der Waals surface area contributed by atoms with Crippen LogP contribution in [0.4, 0.5) is 0 Å². The standard InChI is InChI=1S/C16H18N4O2/c1-3-5-11-17-19-15(21)13-7-9-14(10-8-13)16(22)20-18-12-6-4-2/h3-12H,1-2H3,(H,19,21)(H,20,22). The van der Waals surface area contributed by atoms with Crippen molar-refractivity contribution >= 4 is 24.2 Å². The second-order valence-electron chi connectivity index (χ2n) is 4.07. The van der Waals surface area contributed by atoms with Gasteiger partial charge in [0.15, 0.2) is 0 Å². The van der Waals surface area contributed by atoms with Gasteiger partial charge in [0.2, 0.25) is 0 Å². The molecule has 1 aromatic carbocycles. The highest BCUT2D eigenvalue weighted by Gasteiger charge is 2.07. The average Bonchev–Trinajstić information content (AvgIpc) is 2.55. The molecule has 0 aromatic heterocycles. The summed E-state index contributed by atoms with van der Waals surface area (Å²) >= 11 is 0. The van der Waals surface area contributed by atoms with Crippen molar-refractivity contribution in [3.63, 3.8) is 0 Å². The first-order valence-electron chi connectivity index (χ1n) is 6.68. The van der Waals surface area contributed by atoms with Crippen molar-refractivity contribution < 1.29 is 9.59 Å². The van der Waals surface area contributed by atoms with Gasteiger partial charge < -0.3 is 0 Å². The lowest BCUT2D eigenvalue weighted by Gasteiger charge is -2.02. The highest BCUT2D eigenvalue weighted by Crippen LogP contribution is 2.04. The Labute approximate surface area is 129 Å². The summed E-state index contributed by atoms with van der Waals surface area (Å²) < 4.78 is 0. The van der Waals surface area contributed by atoms with Crippen molar-refractivity contribution in [3.8, 4) is 0 Å². The van der Waals surface area contributed by atoms with E-state index >= 15 is 0 Å². The van der Waals surface area contributed by atoms with E-state index in [1.807, 2.05) is 13.8 Å². The molecule has 0 aliphatic carbocycles. The lowest BCUT2D eigenvalue weighted by atomic mass is 10.1. The Kier molecular flexibility index (Phi) is 7.60. The van der Waals surface area contributed by atoms with Crippen molar-refractivity contribution in [2.45, 2.75) is 13.8 Å². The number of hydrogen-bond acceptors (Lipinski definition) is 4. The molecule has 0 unspecified atom stereocenters. The maximum absolute atomic E-state index is 11.8. The number of nitrogens with one attached hydrogen (secondary N) is 2. The Morgan fingerprint density at radius 2 is 1.18 bits per heavy atom. The van der Waals surface area contributed by atoms with Crippen molar-refractivity contribution in [1.29, 1.82) is 0 Å². The summed E-state index contributed by atoms with van der Waals surface area (Å²) in [4.78, 5) is 23.5. The fourth-order valence-electron chi connectivity index (χ4n) is 1.35. The third kappa shape index (κ3) is 5.96. The van der Waals surface area contributed by atoms with Crippen LogP contribution in [0.3, 0.4) is 0 Å². The maximum atomic E-state index is 11.8. The number of allylic oxidation sites excluding steroid dienone is 4. The van der Waals surface area contributed by atoms with Gasteiger partial charge in [0.05, 0.1) is 0 Å². The highest BCUT2D eigenvalue weighted by molar-refractivity contribution is 5.98. The highest BCUT2D eigenvalue weighted by atomic mass is 16.2. The van der Waals surface area contributed by atoms with Gasteiger partial charge in [-0.2, -0.15) is 10.2 Å². The number of hydrazone groups is 2. The van der Waals surface area contributed by atoms with Crippen molar-refractivity contribution in [3.05, 3.63) is 59.7 Å². The molecule has 22 heavy (non-hydrogen) atoms. The van der Waals surface area contributed by atoms with Crippen LogP contribution >= 0.6 is 0 Å². The van der Waals surface area contributed by atoms with E-state index < -0.39 is 0 Å². The van der Waals surface area contributed by atoms with Crippen LogP contribution in [0.2, 0.25) is 0 Å². The average molecular weight is 298 g/mol. The Bertz CT molecular complexity index is 559. The second-order valence-corrected chi connectivity index (χ2v) is 4.07. The van der Waals surface area contributed by atoms with E-state index in [4.69, 9.17) is 0 Å². The molecule has 114 valence electrons. The Balaban J connectivity index is 2.62. The van der Waals surface area contributed by atoms with Crippen molar-refractivity contribution in [2.24, 2.45) is 10.2 Å². The first-order chi connectivity index (χ1) is 10.7. The van der Waals surface area contributed by atoms with E-state index in [-0.39, 0.29) is 11.8 Å². The number of rotatable bonds is 6. The monoisotopic (exact) mass is 298 g/mol. The minimum Gasteiger partial charge on any atom is -0.267 e. The molecule has 2 N–H and O–H groups in total. The van der Waals surface area contributed by atoms with Crippen molar-refractivity contribution in [2.75, 3.05) is 0 Å². The van der Waals surface area contributed by atoms with Crippen LogP contribution in [0.1, 0.15) is 34.6 Å². The third-order valence-electron chi connectivity index (χ3n) is 2.45. The summed E-state index contributed by atoms with van der Waals surface area (Å²) in [6, 6.07) is 6.19. The molecule has 0 bridgehead atoms. The van der Waals surface area contributed by atoms with Crippen LogP contribution < -0.4 is 10.9 Å². The zero-order valence-corrected chi connectivity index (χ0v) is 12.5. The quantitative estimate of drug-likeness (QED) is 0.624. The van der Waals surface area contributed by atoms with Crippen molar-refractivity contribution in [1.82, 2.24) is 10.9 Å². The van der Waals surface area contributed by atoms with Gasteiger partial charge in [0, 0.05) is 23.6 Å². The third-order valence-corrected chi connectivity index (χ3v) is 2.45. The van der Waals surface area contributed by atoms with E-state index in [9.17, 15) is 9.59 Å². The molecule has 1 rings (SSSR count). The fraction of sp³-hybridized carbons (Fsp3) is 0.125. The summed E-state index contributed by atoms with van der Waals surface area (Å²) in [5.41, 5.74) is 5.57. The molecular formula is C16H18N4O2. The molecule has 0 heterocycles. The summed E-state index contributed by atoms with van der Waals surface area (Å²) in [5.74, 6) is -0.697. The van der Waals surface area contributed by atoms with E-state index in [0.717, 1.165) is 0 Å². The lowest BCUT2D eigenvalue weighted by Crippen LogP contribution is -2.19. The number of benzene rings is 1. The summed E-state index contributed by atoms with van der Waals surface area (Å²) in [7, 11) is 0. The van der Waals surface area contributed by atoms with E-state index in [1.54, 1.807) is 48.6 Å². The van der Waals surface area contributed by atoms with E-state index in [1.165, 1.54) is 12.4 Å². The number of hydrogen-bond donors (Lipinski definition) is 2. The largest absolute Gasteiger partial charge is 0.271 e. The van der Waals surface area contributed by atoms with Gasteiger partial charge >= 0.3 is 0 Å². The number of amides is 2. The molecule has 0 saturated heterocycles. The zero-order chi connectivity index (χ0) is 16.2. The molecule has 0 saturated carbocycles. The molecular weight excluding hydrogens is 280 g/mol. The molecule has 0 fully saturated rings. The molecule has 0 aliphatic heterocycles. The molecule has 0 radical (unpaired) electrons. The smallest absolute Gasteiger partial charge is 0.267 e. The molecule has 0 atom stereocenters. The topological polar surface area (TPSA) is 82.9 Å². The van der Waals surface area contributed by atoms with Gasteiger partial charge in [-0.25, -0.2) is 10.9 Å². The van der Waals surface area contributed by atoms with E-state index in [2.05, 4.69) is 21.1 Å². The van der Waals surface area contributed by atoms with Gasteiger partial charge in [-0.3, -0.25) is 9.59 Å². The number of carbonyl (C=O) groups is 2. The van der Waals surface area contributed by atoms with Crippen LogP contribution in [-0.4, -0.2) is 24.2 Å². The van der Waals surface area contributed by atoms with Crippen LogP contribution in [0, 0.1) is 0 Å². The molecule has 0 spiro atoms. The summed E-state index contributed by atoms with van der Waals surface area (Å²) in [5, 5.41) is 7.47. The Morgan fingerprint density at radius 1 is 0.818 bits per heavy atom. The van der Waals surface area contributed by atoms with Gasteiger partial charge in [0.1, 0.15) is 0 Å². The Hall–Kier alpha value is -3.02. The fourth-order valence-corrected chi connectivity index (χ4v) is 1.35. The molecule has 2 amide bonds. The van der Waals surface area contributed by atoms with Crippen LogP contribution in [0.5, 0.6) is 0 Å². The summed E-state index contributed by atoms with van der Waals surface area (Å²) in [6.07, 6.45) is 9.93. The van der Waals surface area contributed by atoms with Gasteiger partial charge in [0.25, 0.3) is 11.8 Å². The molecule has 0 aliphatic rings. The molecule has 6 heteroatoms. The molecule has 6 nitrogen and oxygen atoms in total. The van der Waals surface area contributed by atoms with Gasteiger partial charge in [-0.15, -0.1) is 0 Å². The number of nitrogens with zero attached hydrogens (tertiary/aromatic N) is 2. The maximum Gasteiger partial charge on any atom is 0.271 e. The minimum absolute atomic E-state index is 0.348. The lowest BCUT2D eigenvalue weighted by molar-refractivity contribution is 0.0943. The predicted molar refractivity (Wildman–Crippen MR) is 88.0 cm³/mol. The number of carbonyl (C=O) groups excluding carboxylic acids is 2. The van der Waals surface area contributed by atoms with Gasteiger partial charge in [-0.1, -0.05) is 12.2 Å². The normalized spacial score (nSPS) is 11.7. The SMILES string of the molecule is CC=CC=NNC(=O)c1ccc(C(=O)NN=CC=CC)cc1. The minimum atomic E-state index is -0.348. The van der Waals surface area contributed by atoms with Crippen LogP contribution in [-0.2, 0) is 0 Å². The van der Waals surface area contributed by atoms with E-state index in [0.29, 0.717) is 11.1 Å². The second kappa shape index (κ2) is 9.82. The Morgan fingerprint density at radius 3 is 1.50 bits per heavy atom. The van der Waals surface area contributed by atoms with Crippen LogP contribution in [0.25, 0.3) is 0 Å². The first kappa shape index (κ1) is 17.0. The summed E-state index contributed by atoms with van der Waals surface area (Å²) in [6.45, 7) is 3.69. The predicted octanol–water partition coefficient (Wildman–Crippen LogP) is 2.27. The first-order valence-corrected chi connectivity index (χ1v) is 6.68. The van der Waals surface area contributed by atoms with Gasteiger partial charge in [-0.05, 0) is 50.3 Å². The van der Waals surface area contributed by atoms with Crippen LogP contribution in [0.15, 0.2) is 58.8 Å². The molecule has 1 aromatic rings. The zero-order valence-electron chi connectivity index (χ0n) is 12.5.